The normalized spacial score (nSPS) is 23.7. The summed E-state index contributed by atoms with van der Waals surface area (Å²) >= 11 is 7.11. The Balaban J connectivity index is 1.65. The summed E-state index contributed by atoms with van der Waals surface area (Å²) < 4.78 is 8.00. The monoisotopic (exact) mass is 498 g/mol. The molecule has 3 aliphatic heterocycles. The number of carbonyl (C=O) groups excluding carboxylic acids is 1. The van der Waals surface area contributed by atoms with E-state index in [9.17, 15) is 4.79 Å². The van der Waals surface area contributed by atoms with Crippen LogP contribution in [0.25, 0.3) is 0 Å². The first-order chi connectivity index (χ1) is 13.1. The lowest BCUT2D eigenvalue weighted by Gasteiger charge is -2.44. The first kappa shape index (κ1) is 19.9. The highest BCUT2D eigenvalue weighted by atomic mass is 79.9. The SMILES string of the molecule is O=C1c2cc(Br)cc(Br)c2OCC1(CN1CCCCC1)CN1CCCCC1. The van der Waals surface area contributed by atoms with Crippen LogP contribution < -0.4 is 4.74 Å². The van der Waals surface area contributed by atoms with Gasteiger partial charge in [0.2, 0.25) is 0 Å². The van der Waals surface area contributed by atoms with E-state index in [1.54, 1.807) is 0 Å². The van der Waals surface area contributed by atoms with Crippen LogP contribution in [0.3, 0.4) is 0 Å². The van der Waals surface area contributed by atoms with E-state index in [4.69, 9.17) is 4.74 Å². The molecule has 1 aromatic rings. The molecule has 2 fully saturated rings. The lowest BCUT2D eigenvalue weighted by molar-refractivity contribution is 0.0233. The molecule has 148 valence electrons. The Morgan fingerprint density at radius 1 is 0.889 bits per heavy atom. The minimum atomic E-state index is -0.470. The maximum atomic E-state index is 13.8. The predicted octanol–water partition coefficient (Wildman–Crippen LogP) is 4.74. The fraction of sp³-hybridized carbons (Fsp3) is 0.667. The molecule has 1 aromatic carbocycles. The van der Waals surface area contributed by atoms with Crippen molar-refractivity contribution in [1.29, 1.82) is 0 Å². The first-order valence-corrected chi connectivity index (χ1v) is 11.8. The minimum Gasteiger partial charge on any atom is -0.490 e. The molecule has 6 heteroatoms. The third-order valence-electron chi connectivity index (χ3n) is 6.18. The topological polar surface area (TPSA) is 32.8 Å². The second-order valence-electron chi connectivity index (χ2n) is 8.34. The van der Waals surface area contributed by atoms with E-state index < -0.39 is 5.41 Å². The smallest absolute Gasteiger partial charge is 0.178 e. The quantitative estimate of drug-likeness (QED) is 0.598. The number of piperidine rings is 2. The third-order valence-corrected chi connectivity index (χ3v) is 7.22. The highest BCUT2D eigenvalue weighted by molar-refractivity contribution is 9.11. The van der Waals surface area contributed by atoms with Gasteiger partial charge in [0.05, 0.1) is 15.5 Å². The van der Waals surface area contributed by atoms with Gasteiger partial charge in [0.25, 0.3) is 0 Å². The van der Waals surface area contributed by atoms with Gasteiger partial charge in [-0.15, -0.1) is 0 Å². The maximum Gasteiger partial charge on any atom is 0.178 e. The van der Waals surface area contributed by atoms with E-state index in [1.807, 2.05) is 12.1 Å². The van der Waals surface area contributed by atoms with Crippen LogP contribution in [-0.2, 0) is 0 Å². The Hall–Kier alpha value is -0.430. The molecule has 2 saturated heterocycles. The number of ether oxygens (including phenoxy) is 1. The van der Waals surface area contributed by atoms with Crippen LogP contribution in [0.1, 0.15) is 48.9 Å². The summed E-state index contributed by atoms with van der Waals surface area (Å²) in [5.41, 5.74) is 0.249. The number of fused-ring (bicyclic) bond motifs is 1. The van der Waals surface area contributed by atoms with Crippen molar-refractivity contribution >= 4 is 37.6 Å². The van der Waals surface area contributed by atoms with Crippen LogP contribution in [0.5, 0.6) is 5.75 Å². The molecule has 3 aliphatic rings. The van der Waals surface area contributed by atoms with Crippen molar-refractivity contribution in [2.45, 2.75) is 38.5 Å². The van der Waals surface area contributed by atoms with E-state index in [2.05, 4.69) is 41.7 Å². The Labute approximate surface area is 178 Å². The molecule has 4 rings (SSSR count). The Morgan fingerprint density at radius 2 is 1.44 bits per heavy atom. The highest BCUT2D eigenvalue weighted by Gasteiger charge is 2.47. The van der Waals surface area contributed by atoms with Gasteiger partial charge in [0.15, 0.2) is 5.78 Å². The van der Waals surface area contributed by atoms with Crippen LogP contribution in [-0.4, -0.2) is 61.5 Å². The van der Waals surface area contributed by atoms with Gasteiger partial charge in [-0.1, -0.05) is 28.8 Å². The summed E-state index contributed by atoms with van der Waals surface area (Å²) in [7, 11) is 0. The number of rotatable bonds is 4. The van der Waals surface area contributed by atoms with Crippen molar-refractivity contribution in [2.24, 2.45) is 5.41 Å². The molecule has 0 amide bonds. The first-order valence-electron chi connectivity index (χ1n) is 10.2. The molecule has 0 radical (unpaired) electrons. The number of hydrogen-bond acceptors (Lipinski definition) is 4. The standard InChI is InChI=1S/C21H28Br2N2O2/c22-16-11-17-19(18(23)12-16)27-15-21(20(17)26,13-24-7-3-1-4-8-24)14-25-9-5-2-6-10-25/h11-12H,1-10,13-15H2. The molecule has 0 atom stereocenters. The van der Waals surface area contributed by atoms with Crippen LogP contribution in [0, 0.1) is 5.41 Å². The van der Waals surface area contributed by atoms with Crippen molar-refractivity contribution in [2.75, 3.05) is 45.9 Å². The summed E-state index contributed by atoms with van der Waals surface area (Å²) in [5, 5.41) is 0. The summed E-state index contributed by atoms with van der Waals surface area (Å²) in [4.78, 5) is 18.8. The van der Waals surface area contributed by atoms with Gasteiger partial charge < -0.3 is 14.5 Å². The third kappa shape index (κ3) is 4.29. The predicted molar refractivity (Wildman–Crippen MR) is 115 cm³/mol. The van der Waals surface area contributed by atoms with E-state index >= 15 is 0 Å². The highest BCUT2D eigenvalue weighted by Crippen LogP contribution is 2.42. The molecule has 0 aliphatic carbocycles. The Morgan fingerprint density at radius 3 is 2.00 bits per heavy atom. The molecule has 3 heterocycles. The lowest BCUT2D eigenvalue weighted by atomic mass is 9.77. The van der Waals surface area contributed by atoms with Crippen LogP contribution in [0.4, 0.5) is 0 Å². The van der Waals surface area contributed by atoms with Gasteiger partial charge in [0.1, 0.15) is 12.4 Å². The van der Waals surface area contributed by atoms with Crippen molar-refractivity contribution in [1.82, 2.24) is 9.80 Å². The summed E-state index contributed by atoms with van der Waals surface area (Å²) in [6.45, 7) is 6.51. The van der Waals surface area contributed by atoms with Crippen molar-refractivity contribution < 1.29 is 9.53 Å². The fourth-order valence-corrected chi connectivity index (χ4v) is 6.15. The minimum absolute atomic E-state index is 0.252. The van der Waals surface area contributed by atoms with Gasteiger partial charge in [0, 0.05) is 17.6 Å². The second kappa shape index (κ2) is 8.52. The number of halogens is 2. The number of nitrogens with zero attached hydrogens (tertiary/aromatic N) is 2. The molecule has 0 saturated carbocycles. The van der Waals surface area contributed by atoms with Crippen LogP contribution in [0.2, 0.25) is 0 Å². The molecule has 0 bridgehead atoms. The Bertz CT molecular complexity index is 678. The molecule has 0 spiro atoms. The van der Waals surface area contributed by atoms with Crippen molar-refractivity contribution in [3.8, 4) is 5.75 Å². The van der Waals surface area contributed by atoms with Gasteiger partial charge in [-0.3, -0.25) is 4.79 Å². The molecule has 4 nitrogen and oxygen atoms in total. The number of Topliss-reactive ketones (excluding diaryl/α,β-unsaturated/α-hetero) is 1. The number of ketones is 1. The summed E-state index contributed by atoms with van der Waals surface area (Å²) in [6.07, 6.45) is 7.57. The fourth-order valence-electron chi connectivity index (χ4n) is 4.81. The second-order valence-corrected chi connectivity index (χ2v) is 10.1. The molecule has 27 heavy (non-hydrogen) atoms. The molecular weight excluding hydrogens is 472 g/mol. The van der Waals surface area contributed by atoms with E-state index in [0.717, 1.165) is 53.8 Å². The average molecular weight is 500 g/mol. The molecule has 0 unspecified atom stereocenters. The summed E-state index contributed by atoms with van der Waals surface area (Å²) in [5.74, 6) is 0.956. The van der Waals surface area contributed by atoms with E-state index in [0.29, 0.717) is 12.4 Å². The maximum absolute atomic E-state index is 13.8. The number of carbonyl (C=O) groups is 1. The van der Waals surface area contributed by atoms with E-state index in [-0.39, 0.29) is 5.78 Å². The Kier molecular flexibility index (Phi) is 6.27. The van der Waals surface area contributed by atoms with Crippen molar-refractivity contribution in [3.05, 3.63) is 26.6 Å². The van der Waals surface area contributed by atoms with E-state index in [1.165, 1.54) is 38.5 Å². The van der Waals surface area contributed by atoms with Crippen LogP contribution in [0.15, 0.2) is 21.1 Å². The lowest BCUT2D eigenvalue weighted by Crippen LogP contribution is -2.56. The van der Waals surface area contributed by atoms with Gasteiger partial charge >= 0.3 is 0 Å². The van der Waals surface area contributed by atoms with Crippen molar-refractivity contribution in [3.63, 3.8) is 0 Å². The molecule has 0 aromatic heterocycles. The summed E-state index contributed by atoms with van der Waals surface area (Å²) in [6, 6.07) is 3.89. The zero-order valence-electron chi connectivity index (χ0n) is 15.8. The van der Waals surface area contributed by atoms with Gasteiger partial charge in [-0.25, -0.2) is 0 Å². The number of hydrogen-bond donors (Lipinski definition) is 0. The average Bonchev–Trinajstić information content (AvgIpc) is 2.67. The number of benzene rings is 1. The number of likely N-dealkylation sites (tertiary alicyclic amines) is 2. The zero-order valence-corrected chi connectivity index (χ0v) is 19.0. The van der Waals surface area contributed by atoms with Gasteiger partial charge in [-0.05, 0) is 79.9 Å². The van der Waals surface area contributed by atoms with Gasteiger partial charge in [-0.2, -0.15) is 0 Å². The largest absolute Gasteiger partial charge is 0.490 e. The van der Waals surface area contributed by atoms with Crippen LogP contribution >= 0.6 is 31.9 Å². The zero-order chi connectivity index (χ0) is 18.9. The molecular formula is C21H28Br2N2O2. The molecule has 0 N–H and O–H groups in total.